The summed E-state index contributed by atoms with van der Waals surface area (Å²) in [4.78, 5) is 25.8. The molecule has 10 heteroatoms. The summed E-state index contributed by atoms with van der Waals surface area (Å²) in [5.41, 5.74) is 6.45. The Kier molecular flexibility index (Phi) is 7.45. The lowest BCUT2D eigenvalue weighted by Crippen LogP contribution is -2.37. The number of carbonyl (C=O) groups is 2. The molecule has 1 atom stereocenters. The van der Waals surface area contributed by atoms with Crippen molar-refractivity contribution in [3.63, 3.8) is 0 Å². The predicted octanol–water partition coefficient (Wildman–Crippen LogP) is 2.43. The third kappa shape index (κ3) is 5.96. The summed E-state index contributed by atoms with van der Waals surface area (Å²) in [6.45, 7) is 1.32. The van der Waals surface area contributed by atoms with Crippen LogP contribution in [0.2, 0.25) is 0 Å². The first-order valence-corrected chi connectivity index (χ1v) is 10.1. The molecule has 0 spiro atoms. The van der Waals surface area contributed by atoms with Crippen molar-refractivity contribution >= 4 is 23.5 Å². The fourth-order valence-electron chi connectivity index (χ4n) is 3.27. The number of nitrogens with one attached hydrogen (secondary N) is 1. The summed E-state index contributed by atoms with van der Waals surface area (Å²) >= 11 is 0. The van der Waals surface area contributed by atoms with E-state index in [1.54, 1.807) is 7.05 Å². The van der Waals surface area contributed by atoms with Gasteiger partial charge >= 0.3 is 6.09 Å². The zero-order valence-electron chi connectivity index (χ0n) is 17.4. The fourth-order valence-corrected chi connectivity index (χ4v) is 3.27. The molecule has 1 aromatic carbocycles. The van der Waals surface area contributed by atoms with Crippen LogP contribution in [-0.4, -0.2) is 59.6 Å². The van der Waals surface area contributed by atoms with E-state index in [0.717, 1.165) is 5.69 Å². The Morgan fingerprint density at radius 1 is 1.39 bits per heavy atom. The maximum Gasteiger partial charge on any atom is 0.409 e. The zero-order valence-corrected chi connectivity index (χ0v) is 17.4. The summed E-state index contributed by atoms with van der Waals surface area (Å²) in [5.74, 6) is -0.359. The van der Waals surface area contributed by atoms with Gasteiger partial charge in [0, 0.05) is 38.3 Å². The Balaban J connectivity index is 1.73. The van der Waals surface area contributed by atoms with Gasteiger partial charge in [0.05, 0.1) is 31.7 Å². The Morgan fingerprint density at radius 2 is 2.10 bits per heavy atom. The molecule has 1 unspecified atom stereocenters. The van der Waals surface area contributed by atoms with Crippen LogP contribution in [0.15, 0.2) is 36.5 Å². The number of primary amides is 1. The number of ether oxygens (including phenoxy) is 2. The van der Waals surface area contributed by atoms with E-state index in [1.807, 2.05) is 30.3 Å². The quantitative estimate of drug-likeness (QED) is 0.661. The number of nitriles is 1. The van der Waals surface area contributed by atoms with Crippen LogP contribution >= 0.6 is 0 Å². The average molecular weight is 426 g/mol. The molecule has 1 aromatic heterocycles. The van der Waals surface area contributed by atoms with Crippen molar-refractivity contribution < 1.29 is 19.1 Å². The van der Waals surface area contributed by atoms with Crippen molar-refractivity contribution in [3.8, 4) is 6.07 Å². The predicted molar refractivity (Wildman–Crippen MR) is 113 cm³/mol. The summed E-state index contributed by atoms with van der Waals surface area (Å²) in [7, 11) is 1.60. The topological polar surface area (TPSA) is 136 Å². The zero-order chi connectivity index (χ0) is 22.2. The summed E-state index contributed by atoms with van der Waals surface area (Å²) in [6.07, 6.45) is 2.26. The van der Waals surface area contributed by atoms with Gasteiger partial charge < -0.3 is 25.4 Å². The van der Waals surface area contributed by atoms with Crippen molar-refractivity contribution in [1.29, 1.82) is 5.26 Å². The van der Waals surface area contributed by atoms with E-state index < -0.39 is 18.0 Å². The molecule has 1 fully saturated rings. The van der Waals surface area contributed by atoms with E-state index in [0.29, 0.717) is 26.1 Å². The SMILES string of the molecule is CN(CC(CC#N)n1cc(C(N)=O)c(Nc2ccccc2)n1)C(=O)OC1CCOCC1. The van der Waals surface area contributed by atoms with Crippen molar-refractivity contribution in [2.45, 2.75) is 31.4 Å². The van der Waals surface area contributed by atoms with Gasteiger partial charge in [-0.25, -0.2) is 4.79 Å². The number of benzene rings is 1. The Morgan fingerprint density at radius 3 is 2.74 bits per heavy atom. The first-order chi connectivity index (χ1) is 15.0. The van der Waals surface area contributed by atoms with Crippen LogP contribution in [0.1, 0.15) is 35.7 Å². The molecule has 0 bridgehead atoms. The lowest BCUT2D eigenvalue weighted by Gasteiger charge is -2.27. The van der Waals surface area contributed by atoms with Gasteiger partial charge in [0.15, 0.2) is 5.82 Å². The first-order valence-electron chi connectivity index (χ1n) is 10.1. The van der Waals surface area contributed by atoms with Gasteiger partial charge in [-0.2, -0.15) is 10.4 Å². The second-order valence-electron chi connectivity index (χ2n) is 7.32. The van der Waals surface area contributed by atoms with Crippen LogP contribution in [0.4, 0.5) is 16.3 Å². The highest BCUT2D eigenvalue weighted by Crippen LogP contribution is 2.23. The molecule has 1 aliphatic rings. The highest BCUT2D eigenvalue weighted by Gasteiger charge is 2.25. The number of nitrogens with two attached hydrogens (primary N) is 1. The number of anilines is 2. The highest BCUT2D eigenvalue weighted by molar-refractivity contribution is 5.98. The van der Waals surface area contributed by atoms with Crippen molar-refractivity contribution in [2.24, 2.45) is 5.73 Å². The molecular weight excluding hydrogens is 400 g/mol. The largest absolute Gasteiger partial charge is 0.446 e. The number of amides is 2. The summed E-state index contributed by atoms with van der Waals surface area (Å²) in [5, 5.41) is 16.8. The Bertz CT molecular complexity index is 933. The van der Waals surface area contributed by atoms with Gasteiger partial charge in [-0.1, -0.05) is 18.2 Å². The number of hydrogen-bond donors (Lipinski definition) is 2. The summed E-state index contributed by atoms with van der Waals surface area (Å²) < 4.78 is 12.3. The lowest BCUT2D eigenvalue weighted by molar-refractivity contribution is -0.00903. The molecule has 3 rings (SSSR count). The van der Waals surface area contributed by atoms with Gasteiger partial charge in [-0.05, 0) is 12.1 Å². The molecule has 0 radical (unpaired) electrons. The maximum absolute atomic E-state index is 12.5. The standard InChI is InChI=1S/C21H26N6O4/c1-26(21(29)31-17-8-11-30-12-9-17)13-16(7-10-22)27-14-18(19(23)28)20(25-27)24-15-5-3-2-4-6-15/h2-6,14,16-17H,7-9,11-13H2,1H3,(H2,23,28)(H,24,25). The first kappa shape index (κ1) is 22.1. The van der Waals surface area contributed by atoms with Gasteiger partial charge in [0.1, 0.15) is 11.7 Å². The van der Waals surface area contributed by atoms with Gasteiger partial charge in [-0.3, -0.25) is 9.48 Å². The van der Waals surface area contributed by atoms with Crippen LogP contribution in [-0.2, 0) is 9.47 Å². The van der Waals surface area contributed by atoms with Crippen LogP contribution in [0.3, 0.4) is 0 Å². The van der Waals surface area contributed by atoms with Crippen molar-refractivity contribution in [2.75, 3.05) is 32.1 Å². The molecule has 0 aliphatic carbocycles. The number of carbonyl (C=O) groups excluding carboxylic acids is 2. The van der Waals surface area contributed by atoms with Crippen molar-refractivity contribution in [3.05, 3.63) is 42.1 Å². The Hall–Kier alpha value is -3.58. The van der Waals surface area contributed by atoms with Gasteiger partial charge in [-0.15, -0.1) is 0 Å². The van der Waals surface area contributed by atoms with Crippen molar-refractivity contribution in [1.82, 2.24) is 14.7 Å². The molecule has 1 aliphatic heterocycles. The minimum absolute atomic E-state index is 0.0829. The van der Waals surface area contributed by atoms with E-state index >= 15 is 0 Å². The van der Waals surface area contributed by atoms with Gasteiger partial charge in [0.2, 0.25) is 0 Å². The highest BCUT2D eigenvalue weighted by atomic mass is 16.6. The van der Waals surface area contributed by atoms with Crippen LogP contribution in [0.5, 0.6) is 0 Å². The lowest BCUT2D eigenvalue weighted by atomic mass is 10.1. The second-order valence-corrected chi connectivity index (χ2v) is 7.32. The molecule has 164 valence electrons. The van der Waals surface area contributed by atoms with E-state index in [1.165, 1.54) is 15.8 Å². The number of rotatable bonds is 8. The number of hydrogen-bond acceptors (Lipinski definition) is 7. The molecule has 3 N–H and O–H groups in total. The molecular formula is C21H26N6O4. The third-order valence-corrected chi connectivity index (χ3v) is 4.97. The molecule has 0 saturated carbocycles. The minimum Gasteiger partial charge on any atom is -0.446 e. The number of nitrogens with zero attached hydrogens (tertiary/aromatic N) is 4. The fraction of sp³-hybridized carbons (Fsp3) is 0.429. The van der Waals surface area contributed by atoms with Crippen LogP contribution < -0.4 is 11.1 Å². The number of para-hydroxylation sites is 1. The Labute approximate surface area is 180 Å². The van der Waals surface area contributed by atoms with E-state index in [9.17, 15) is 14.9 Å². The van der Waals surface area contributed by atoms with E-state index in [4.69, 9.17) is 15.2 Å². The number of aromatic nitrogens is 2. The third-order valence-electron chi connectivity index (χ3n) is 4.97. The smallest absolute Gasteiger partial charge is 0.409 e. The second kappa shape index (κ2) is 10.4. The van der Waals surface area contributed by atoms with Crippen LogP contribution in [0.25, 0.3) is 0 Å². The molecule has 2 amide bonds. The van der Waals surface area contributed by atoms with Gasteiger partial charge in [0.25, 0.3) is 5.91 Å². The molecule has 2 heterocycles. The molecule has 31 heavy (non-hydrogen) atoms. The molecule has 1 saturated heterocycles. The average Bonchev–Trinajstić information content (AvgIpc) is 3.19. The molecule has 10 nitrogen and oxygen atoms in total. The number of likely N-dealkylation sites (N-methyl/N-ethyl adjacent to an activating group) is 1. The van der Waals surface area contributed by atoms with E-state index in [-0.39, 0.29) is 30.5 Å². The van der Waals surface area contributed by atoms with E-state index in [2.05, 4.69) is 16.5 Å². The normalized spacial score (nSPS) is 15.0. The maximum atomic E-state index is 12.5. The minimum atomic E-state index is -0.646. The molecule has 2 aromatic rings. The summed E-state index contributed by atoms with van der Waals surface area (Å²) in [6, 6.07) is 10.9. The monoisotopic (exact) mass is 426 g/mol. The van der Waals surface area contributed by atoms with Crippen LogP contribution in [0, 0.1) is 11.3 Å².